The molecule has 0 rings (SSSR count). The molecule has 0 radical (unpaired) electrons. The van der Waals surface area contributed by atoms with E-state index in [1.807, 2.05) is 13.8 Å². The van der Waals surface area contributed by atoms with Crippen molar-refractivity contribution in [2.75, 3.05) is 6.61 Å². The number of carbonyl (C=O) groups is 1. The molecule has 0 aromatic carbocycles. The topological polar surface area (TPSA) is 65.0 Å². The first kappa shape index (κ1) is 15.2. The van der Waals surface area contributed by atoms with Crippen LogP contribution >= 0.6 is 0 Å². The fourth-order valence-corrected chi connectivity index (χ4v) is 1.34. The van der Waals surface area contributed by atoms with Crippen LogP contribution in [0.3, 0.4) is 0 Å². The molecule has 0 aliphatic heterocycles. The van der Waals surface area contributed by atoms with E-state index in [4.69, 9.17) is 14.9 Å². The molecule has 16 heavy (non-hydrogen) atoms. The van der Waals surface area contributed by atoms with Gasteiger partial charge in [0.15, 0.2) is 0 Å². The Balaban J connectivity index is 3.79. The first-order valence-electron chi connectivity index (χ1n) is 5.57. The highest BCUT2D eigenvalue weighted by atomic mass is 17.2. The number of ether oxygens (including phenoxy) is 1. The first-order valence-corrected chi connectivity index (χ1v) is 5.57. The van der Waals surface area contributed by atoms with Crippen LogP contribution in [0.1, 0.15) is 47.0 Å². The largest absolute Gasteiger partial charge is 0.506 e. The zero-order valence-corrected chi connectivity index (χ0v) is 10.5. The van der Waals surface area contributed by atoms with Crippen LogP contribution in [0.2, 0.25) is 0 Å². The minimum atomic E-state index is -1.27. The van der Waals surface area contributed by atoms with Crippen molar-refractivity contribution in [1.29, 1.82) is 0 Å². The second kappa shape index (κ2) is 7.46. The fraction of sp³-hybridized carbons (Fsp3) is 0.909. The number of hydrogen-bond acceptors (Lipinski definition) is 4. The van der Waals surface area contributed by atoms with Gasteiger partial charge in [-0.2, -0.15) is 0 Å². The van der Waals surface area contributed by atoms with E-state index >= 15 is 0 Å². The van der Waals surface area contributed by atoms with Crippen LogP contribution in [0.4, 0.5) is 4.79 Å². The predicted molar refractivity (Wildman–Crippen MR) is 59.2 cm³/mol. The van der Waals surface area contributed by atoms with Crippen molar-refractivity contribution in [3.63, 3.8) is 0 Å². The van der Waals surface area contributed by atoms with Gasteiger partial charge in [0.25, 0.3) is 0 Å². The van der Waals surface area contributed by atoms with Crippen molar-refractivity contribution in [3.8, 4) is 0 Å². The Morgan fingerprint density at radius 3 is 2.56 bits per heavy atom. The lowest BCUT2D eigenvalue weighted by molar-refractivity contribution is -0.357. The lowest BCUT2D eigenvalue weighted by Gasteiger charge is -2.26. The van der Waals surface area contributed by atoms with E-state index in [9.17, 15) is 4.79 Å². The third kappa shape index (κ3) is 8.49. The van der Waals surface area contributed by atoms with Crippen molar-refractivity contribution < 1.29 is 24.4 Å². The van der Waals surface area contributed by atoms with Gasteiger partial charge in [-0.25, -0.2) is 14.6 Å². The van der Waals surface area contributed by atoms with Gasteiger partial charge in [-0.15, -0.1) is 0 Å². The standard InChI is InChI=1S/C11H22O5/c1-5-6-7-14-16-11(3,4)8-9(2)15-10(12)13/h9H,5-8H2,1-4H3,(H,12,13). The highest BCUT2D eigenvalue weighted by Gasteiger charge is 2.25. The smallest absolute Gasteiger partial charge is 0.450 e. The molecule has 0 spiro atoms. The number of hydrogen-bond donors (Lipinski definition) is 1. The Kier molecular flexibility index (Phi) is 7.08. The van der Waals surface area contributed by atoms with E-state index in [0.29, 0.717) is 13.0 Å². The monoisotopic (exact) mass is 234 g/mol. The molecule has 0 saturated carbocycles. The average Bonchev–Trinajstić information content (AvgIpc) is 2.10. The van der Waals surface area contributed by atoms with Gasteiger partial charge in [0.05, 0.1) is 6.61 Å². The summed E-state index contributed by atoms with van der Waals surface area (Å²) in [6.45, 7) is 7.97. The molecule has 96 valence electrons. The van der Waals surface area contributed by atoms with Gasteiger partial charge in [0.1, 0.15) is 11.7 Å². The second-order valence-corrected chi connectivity index (χ2v) is 4.42. The fourth-order valence-electron chi connectivity index (χ4n) is 1.34. The zero-order valence-electron chi connectivity index (χ0n) is 10.5. The quantitative estimate of drug-likeness (QED) is 0.303. The van der Waals surface area contributed by atoms with E-state index in [2.05, 4.69) is 11.7 Å². The molecule has 0 aliphatic carbocycles. The first-order chi connectivity index (χ1) is 7.37. The van der Waals surface area contributed by atoms with E-state index in [-0.39, 0.29) is 0 Å². The van der Waals surface area contributed by atoms with Crippen LogP contribution in [0, 0.1) is 0 Å². The number of rotatable bonds is 8. The normalized spacial score (nSPS) is 13.5. The second-order valence-electron chi connectivity index (χ2n) is 4.42. The lowest BCUT2D eigenvalue weighted by atomic mass is 10.0. The van der Waals surface area contributed by atoms with Gasteiger partial charge in [0, 0.05) is 6.42 Å². The highest BCUT2D eigenvalue weighted by molar-refractivity contribution is 5.57. The molecule has 0 heterocycles. The van der Waals surface area contributed by atoms with Gasteiger partial charge in [-0.1, -0.05) is 13.3 Å². The molecule has 0 aromatic rings. The van der Waals surface area contributed by atoms with Crippen LogP contribution in [0.25, 0.3) is 0 Å². The van der Waals surface area contributed by atoms with Gasteiger partial charge in [-0.3, -0.25) is 0 Å². The van der Waals surface area contributed by atoms with E-state index in [1.165, 1.54) is 0 Å². The molecule has 0 bridgehead atoms. The third-order valence-electron chi connectivity index (χ3n) is 1.95. The van der Waals surface area contributed by atoms with Crippen LogP contribution in [0.15, 0.2) is 0 Å². The highest BCUT2D eigenvalue weighted by Crippen LogP contribution is 2.19. The average molecular weight is 234 g/mol. The molecule has 1 N–H and O–H groups in total. The molecule has 1 atom stereocenters. The van der Waals surface area contributed by atoms with Crippen LogP contribution in [-0.2, 0) is 14.5 Å². The van der Waals surface area contributed by atoms with E-state index in [1.54, 1.807) is 6.92 Å². The Hall–Kier alpha value is -0.810. The van der Waals surface area contributed by atoms with Gasteiger partial charge in [0.2, 0.25) is 0 Å². The van der Waals surface area contributed by atoms with E-state index < -0.39 is 17.9 Å². The summed E-state index contributed by atoms with van der Waals surface area (Å²) in [7, 11) is 0. The summed E-state index contributed by atoms with van der Waals surface area (Å²) in [5.74, 6) is 0. The maximum Gasteiger partial charge on any atom is 0.506 e. The van der Waals surface area contributed by atoms with Gasteiger partial charge >= 0.3 is 6.16 Å². The van der Waals surface area contributed by atoms with Gasteiger partial charge < -0.3 is 9.84 Å². The Bertz CT molecular complexity index is 203. The Morgan fingerprint density at radius 2 is 2.06 bits per heavy atom. The minimum Gasteiger partial charge on any atom is -0.450 e. The molecule has 1 unspecified atom stereocenters. The Morgan fingerprint density at radius 1 is 1.44 bits per heavy atom. The summed E-state index contributed by atoms with van der Waals surface area (Å²) in [5, 5.41) is 8.43. The summed E-state index contributed by atoms with van der Waals surface area (Å²) in [6, 6.07) is 0. The molecule has 5 heteroatoms. The summed E-state index contributed by atoms with van der Waals surface area (Å²) in [4.78, 5) is 20.6. The molecule has 0 aliphatic rings. The number of unbranched alkanes of at least 4 members (excludes halogenated alkanes) is 1. The van der Waals surface area contributed by atoms with Crippen LogP contribution < -0.4 is 0 Å². The molecular formula is C11H22O5. The van der Waals surface area contributed by atoms with Crippen molar-refractivity contribution in [2.24, 2.45) is 0 Å². The zero-order chi connectivity index (χ0) is 12.6. The van der Waals surface area contributed by atoms with Crippen molar-refractivity contribution in [1.82, 2.24) is 0 Å². The minimum absolute atomic E-state index is 0.415. The maximum absolute atomic E-state index is 10.3. The third-order valence-corrected chi connectivity index (χ3v) is 1.95. The molecular weight excluding hydrogens is 212 g/mol. The van der Waals surface area contributed by atoms with Crippen molar-refractivity contribution in [3.05, 3.63) is 0 Å². The summed E-state index contributed by atoms with van der Waals surface area (Å²) >= 11 is 0. The summed E-state index contributed by atoms with van der Waals surface area (Å²) in [5.41, 5.74) is -0.553. The Labute approximate surface area is 96.6 Å². The SMILES string of the molecule is CCCCOOC(C)(C)CC(C)OC(=O)O. The summed E-state index contributed by atoms with van der Waals surface area (Å²) in [6.07, 6.45) is 0.753. The van der Waals surface area contributed by atoms with E-state index in [0.717, 1.165) is 12.8 Å². The molecule has 0 saturated heterocycles. The molecule has 0 amide bonds. The van der Waals surface area contributed by atoms with Crippen molar-refractivity contribution in [2.45, 2.75) is 58.7 Å². The van der Waals surface area contributed by atoms with Gasteiger partial charge in [-0.05, 0) is 27.2 Å². The summed E-state index contributed by atoms with van der Waals surface area (Å²) < 4.78 is 4.59. The lowest BCUT2D eigenvalue weighted by Crippen LogP contribution is -2.31. The van der Waals surface area contributed by atoms with Crippen LogP contribution in [-0.4, -0.2) is 29.6 Å². The van der Waals surface area contributed by atoms with Crippen LogP contribution in [0.5, 0.6) is 0 Å². The molecule has 5 nitrogen and oxygen atoms in total. The maximum atomic E-state index is 10.3. The molecule has 0 fully saturated rings. The van der Waals surface area contributed by atoms with Crippen molar-refractivity contribution >= 4 is 6.16 Å². The molecule has 0 aromatic heterocycles. The predicted octanol–water partition coefficient (Wildman–Crippen LogP) is 2.99. The number of carboxylic acid groups (broad SMARTS) is 1.